The van der Waals surface area contributed by atoms with E-state index >= 15 is 0 Å². The van der Waals surface area contributed by atoms with Crippen LogP contribution in [0.2, 0.25) is 0 Å². The average Bonchev–Trinajstić information content (AvgIpc) is 3.08. The molecule has 3 atom stereocenters. The summed E-state index contributed by atoms with van der Waals surface area (Å²) in [5.41, 5.74) is 4.77. The number of halogens is 3. The molecule has 1 saturated heterocycles. The molecule has 0 saturated carbocycles. The van der Waals surface area contributed by atoms with Crippen LogP contribution in [0.15, 0.2) is 24.3 Å². The highest BCUT2D eigenvalue weighted by Crippen LogP contribution is 2.42. The Morgan fingerprint density at radius 2 is 1.93 bits per heavy atom. The van der Waals surface area contributed by atoms with Crippen molar-refractivity contribution in [1.82, 2.24) is 4.90 Å². The van der Waals surface area contributed by atoms with E-state index in [-0.39, 0.29) is 12.0 Å². The molecule has 0 aromatic heterocycles. The maximum absolute atomic E-state index is 13.5. The van der Waals surface area contributed by atoms with E-state index in [0.29, 0.717) is 45.1 Å². The molecule has 0 spiro atoms. The monoisotopic (exact) mass is 430 g/mol. The minimum absolute atomic E-state index is 0.0514. The number of aliphatic carboxylic acids is 1. The van der Waals surface area contributed by atoms with Gasteiger partial charge in [-0.15, -0.1) is 0 Å². The molecule has 0 bridgehead atoms. The molecule has 0 radical (unpaired) electrons. The minimum atomic E-state index is -4.51. The third kappa shape index (κ3) is 6.20. The zero-order valence-electron chi connectivity index (χ0n) is 17.1. The summed E-state index contributed by atoms with van der Waals surface area (Å²) >= 11 is 0. The number of alkyl halides is 3. The summed E-state index contributed by atoms with van der Waals surface area (Å²) in [7, 11) is -1.82. The average molecular weight is 430 g/mol. The standard InChI is InChI=1S/C20H30BF3N2O4/c1-19(25,12-6-2-3-11-17(27)28)18(21(29)30)26-13-7-10-16(26)14-8-4-5-9-15(14)20(22,23)24/h4-5,8-9,16,18,29-30H,2-3,6-7,10-13,25H2,1H3,(H,27,28). The summed E-state index contributed by atoms with van der Waals surface area (Å²) in [5, 5.41) is 28.9. The van der Waals surface area contributed by atoms with E-state index in [9.17, 15) is 28.0 Å². The number of carboxylic acid groups (broad SMARTS) is 1. The number of likely N-dealkylation sites (tertiary alicyclic amines) is 1. The van der Waals surface area contributed by atoms with Crippen molar-refractivity contribution >= 4 is 13.1 Å². The van der Waals surface area contributed by atoms with Crippen molar-refractivity contribution in [2.75, 3.05) is 6.54 Å². The van der Waals surface area contributed by atoms with Crippen molar-refractivity contribution in [2.24, 2.45) is 5.73 Å². The minimum Gasteiger partial charge on any atom is -0.481 e. The van der Waals surface area contributed by atoms with Crippen LogP contribution >= 0.6 is 0 Å². The summed E-state index contributed by atoms with van der Waals surface area (Å²) in [6, 6.07) is 4.75. The van der Waals surface area contributed by atoms with E-state index in [1.807, 2.05) is 0 Å². The second-order valence-electron chi connectivity index (χ2n) is 8.30. The highest BCUT2D eigenvalue weighted by molar-refractivity contribution is 6.43. The van der Waals surface area contributed by atoms with Crippen LogP contribution in [0, 0.1) is 0 Å². The number of unbranched alkanes of at least 4 members (excludes halogenated alkanes) is 2. The van der Waals surface area contributed by atoms with Gasteiger partial charge in [-0.2, -0.15) is 13.2 Å². The molecule has 5 N–H and O–H groups in total. The van der Waals surface area contributed by atoms with E-state index < -0.39 is 42.3 Å². The molecule has 0 aliphatic carbocycles. The first-order valence-corrected chi connectivity index (χ1v) is 10.2. The van der Waals surface area contributed by atoms with Crippen molar-refractivity contribution in [3.05, 3.63) is 35.4 Å². The SMILES string of the molecule is CC(N)(CCCCCC(=O)O)C(B(O)O)N1CCCC1c1ccccc1C(F)(F)F. The topological polar surface area (TPSA) is 107 Å². The van der Waals surface area contributed by atoms with E-state index in [0.717, 1.165) is 6.07 Å². The van der Waals surface area contributed by atoms with Gasteiger partial charge >= 0.3 is 19.3 Å². The van der Waals surface area contributed by atoms with Gasteiger partial charge in [0.15, 0.2) is 0 Å². The van der Waals surface area contributed by atoms with Gasteiger partial charge in [-0.3, -0.25) is 9.69 Å². The van der Waals surface area contributed by atoms with Crippen LogP contribution < -0.4 is 5.73 Å². The Balaban J connectivity index is 2.21. The molecule has 168 valence electrons. The fourth-order valence-corrected chi connectivity index (χ4v) is 4.50. The number of nitrogens with zero attached hydrogens (tertiary/aromatic N) is 1. The van der Waals surface area contributed by atoms with Crippen molar-refractivity contribution in [2.45, 2.75) is 75.6 Å². The van der Waals surface area contributed by atoms with E-state index in [1.165, 1.54) is 12.1 Å². The second kappa shape index (κ2) is 10.1. The van der Waals surface area contributed by atoms with Gasteiger partial charge in [0, 0.05) is 18.0 Å². The quantitative estimate of drug-likeness (QED) is 0.336. The maximum atomic E-state index is 13.5. The number of hydrogen-bond acceptors (Lipinski definition) is 5. The third-order valence-electron chi connectivity index (χ3n) is 5.84. The molecule has 1 aromatic rings. The lowest BCUT2D eigenvalue weighted by molar-refractivity contribution is -0.139. The number of nitrogens with two attached hydrogens (primary N) is 1. The summed E-state index contributed by atoms with van der Waals surface area (Å²) in [4.78, 5) is 12.3. The van der Waals surface area contributed by atoms with Crippen LogP contribution in [0.4, 0.5) is 13.2 Å². The van der Waals surface area contributed by atoms with Crippen molar-refractivity contribution < 1.29 is 33.1 Å². The lowest BCUT2D eigenvalue weighted by Gasteiger charge is -2.43. The van der Waals surface area contributed by atoms with Crippen LogP contribution in [0.1, 0.15) is 69.0 Å². The van der Waals surface area contributed by atoms with Gasteiger partial charge in [0.1, 0.15) is 0 Å². The lowest BCUT2D eigenvalue weighted by atomic mass is 9.65. The highest BCUT2D eigenvalue weighted by atomic mass is 19.4. The predicted molar refractivity (Wildman–Crippen MR) is 107 cm³/mol. The van der Waals surface area contributed by atoms with E-state index in [1.54, 1.807) is 17.9 Å². The lowest BCUT2D eigenvalue weighted by Crippen LogP contribution is -2.63. The Hall–Kier alpha value is -1.62. The maximum Gasteiger partial charge on any atom is 0.471 e. The largest absolute Gasteiger partial charge is 0.481 e. The zero-order valence-corrected chi connectivity index (χ0v) is 17.1. The summed E-state index contributed by atoms with van der Waals surface area (Å²) in [5.74, 6) is -1.83. The van der Waals surface area contributed by atoms with Crippen LogP contribution in [-0.4, -0.2) is 51.2 Å². The fraction of sp³-hybridized carbons (Fsp3) is 0.650. The van der Waals surface area contributed by atoms with Gasteiger partial charge in [-0.25, -0.2) is 0 Å². The molecule has 3 unspecified atom stereocenters. The Morgan fingerprint density at radius 1 is 1.27 bits per heavy atom. The van der Waals surface area contributed by atoms with E-state index in [4.69, 9.17) is 10.8 Å². The third-order valence-corrected chi connectivity index (χ3v) is 5.84. The van der Waals surface area contributed by atoms with Crippen molar-refractivity contribution in [1.29, 1.82) is 0 Å². The van der Waals surface area contributed by atoms with Crippen molar-refractivity contribution in [3.8, 4) is 0 Å². The molecule has 10 heteroatoms. The molecule has 0 amide bonds. The first kappa shape index (κ1) is 24.7. The van der Waals surface area contributed by atoms with Gasteiger partial charge in [0.2, 0.25) is 0 Å². The molecule has 1 fully saturated rings. The molecular formula is C20H30BF3N2O4. The normalized spacial score (nSPS) is 20.7. The van der Waals surface area contributed by atoms with Gasteiger partial charge in [0.25, 0.3) is 0 Å². The number of hydrogen-bond donors (Lipinski definition) is 4. The molecule has 6 nitrogen and oxygen atoms in total. The Kier molecular flexibility index (Phi) is 8.32. The van der Waals surface area contributed by atoms with Gasteiger partial charge < -0.3 is 20.9 Å². The fourth-order valence-electron chi connectivity index (χ4n) is 4.50. The summed E-state index contributed by atoms with van der Waals surface area (Å²) in [6.45, 7) is 2.07. The number of carboxylic acids is 1. The molecule has 1 heterocycles. The second-order valence-corrected chi connectivity index (χ2v) is 8.30. The number of benzene rings is 1. The summed E-state index contributed by atoms with van der Waals surface area (Å²) < 4.78 is 40.6. The first-order chi connectivity index (χ1) is 13.9. The summed E-state index contributed by atoms with van der Waals surface area (Å²) in [6.07, 6.45) is -1.29. The Labute approximate surface area is 175 Å². The molecule has 30 heavy (non-hydrogen) atoms. The zero-order chi connectivity index (χ0) is 22.5. The van der Waals surface area contributed by atoms with Crippen LogP contribution in [-0.2, 0) is 11.0 Å². The van der Waals surface area contributed by atoms with Crippen molar-refractivity contribution in [3.63, 3.8) is 0 Å². The molecule has 1 aromatic carbocycles. The highest BCUT2D eigenvalue weighted by Gasteiger charge is 2.47. The van der Waals surface area contributed by atoms with Crippen LogP contribution in [0.25, 0.3) is 0 Å². The van der Waals surface area contributed by atoms with Crippen LogP contribution in [0.5, 0.6) is 0 Å². The van der Waals surface area contributed by atoms with Crippen LogP contribution in [0.3, 0.4) is 0 Å². The molecule has 2 rings (SSSR count). The predicted octanol–water partition coefficient (Wildman–Crippen LogP) is 2.98. The first-order valence-electron chi connectivity index (χ1n) is 10.2. The smallest absolute Gasteiger partial charge is 0.471 e. The van der Waals surface area contributed by atoms with Gasteiger partial charge in [0.05, 0.1) is 11.5 Å². The number of rotatable bonds is 10. The molecule has 1 aliphatic heterocycles. The Bertz CT molecular complexity index is 716. The number of carbonyl (C=O) groups is 1. The van der Waals surface area contributed by atoms with Gasteiger partial charge in [-0.05, 0) is 50.8 Å². The molecular weight excluding hydrogens is 400 g/mol. The Morgan fingerprint density at radius 3 is 2.53 bits per heavy atom. The molecule has 1 aliphatic rings. The van der Waals surface area contributed by atoms with E-state index in [2.05, 4.69) is 0 Å². The van der Waals surface area contributed by atoms with Gasteiger partial charge in [-0.1, -0.05) is 31.0 Å².